The van der Waals surface area contributed by atoms with E-state index < -0.39 is 0 Å². The lowest BCUT2D eigenvalue weighted by Gasteiger charge is -2.07. The number of hydrogen-bond acceptors (Lipinski definition) is 4. The number of H-pyrrole nitrogens is 1. The zero-order valence-electron chi connectivity index (χ0n) is 14.8. The molecule has 0 unspecified atom stereocenters. The standard InChI is InChI=1S/C20H15FN4OS2/c1-12-17(28-19(23-12)13-5-7-14(21)8-6-13)18(26)24-15-3-2-4-16(11-15)25-10-9-22-20(25)27/h2-11H,1H3,(H,22,27)(H,24,26). The third kappa shape index (κ3) is 3.64. The van der Waals surface area contributed by atoms with E-state index in [0.29, 0.717) is 26.0 Å². The van der Waals surface area contributed by atoms with Gasteiger partial charge < -0.3 is 10.3 Å². The molecule has 0 aliphatic rings. The Morgan fingerprint density at radius 1 is 1.25 bits per heavy atom. The maximum absolute atomic E-state index is 13.1. The number of thiazole rings is 1. The van der Waals surface area contributed by atoms with Crippen LogP contribution in [0.3, 0.4) is 0 Å². The predicted octanol–water partition coefficient (Wildman–Crippen LogP) is 5.36. The summed E-state index contributed by atoms with van der Waals surface area (Å²) < 4.78 is 15.5. The first-order valence-electron chi connectivity index (χ1n) is 8.42. The van der Waals surface area contributed by atoms with Crippen LogP contribution in [0.1, 0.15) is 15.4 Å². The van der Waals surface area contributed by atoms with Gasteiger partial charge in [-0.15, -0.1) is 11.3 Å². The second-order valence-corrected chi connectivity index (χ2v) is 7.47. The molecule has 0 radical (unpaired) electrons. The summed E-state index contributed by atoms with van der Waals surface area (Å²) in [6.45, 7) is 1.79. The summed E-state index contributed by atoms with van der Waals surface area (Å²) in [4.78, 5) is 20.7. The minimum atomic E-state index is -0.308. The van der Waals surface area contributed by atoms with Gasteiger partial charge in [0.25, 0.3) is 5.91 Å². The molecule has 140 valence electrons. The first-order chi connectivity index (χ1) is 13.5. The fourth-order valence-corrected chi connectivity index (χ4v) is 3.97. The predicted molar refractivity (Wildman–Crippen MR) is 111 cm³/mol. The highest BCUT2D eigenvalue weighted by atomic mass is 32.1. The maximum Gasteiger partial charge on any atom is 0.267 e. The molecule has 1 amide bonds. The van der Waals surface area contributed by atoms with Crippen LogP contribution in [0.4, 0.5) is 10.1 Å². The minimum Gasteiger partial charge on any atom is -0.337 e. The van der Waals surface area contributed by atoms with Crippen molar-refractivity contribution in [3.63, 3.8) is 0 Å². The topological polar surface area (TPSA) is 62.7 Å². The lowest BCUT2D eigenvalue weighted by Crippen LogP contribution is -2.11. The molecule has 2 heterocycles. The number of amides is 1. The van der Waals surface area contributed by atoms with Crippen molar-refractivity contribution in [2.75, 3.05) is 5.32 Å². The van der Waals surface area contributed by atoms with Gasteiger partial charge in [0.05, 0.1) is 5.69 Å². The van der Waals surface area contributed by atoms with Gasteiger partial charge in [-0.25, -0.2) is 9.37 Å². The molecule has 0 saturated carbocycles. The smallest absolute Gasteiger partial charge is 0.267 e. The highest BCUT2D eigenvalue weighted by Crippen LogP contribution is 2.29. The van der Waals surface area contributed by atoms with E-state index in [2.05, 4.69) is 15.3 Å². The monoisotopic (exact) mass is 410 g/mol. The van der Waals surface area contributed by atoms with E-state index >= 15 is 0 Å². The molecule has 5 nitrogen and oxygen atoms in total. The molecule has 2 aromatic carbocycles. The third-order valence-corrected chi connectivity index (χ3v) is 5.65. The molecular weight excluding hydrogens is 395 g/mol. The van der Waals surface area contributed by atoms with Crippen LogP contribution < -0.4 is 5.32 Å². The second kappa shape index (κ2) is 7.49. The number of aromatic amines is 1. The van der Waals surface area contributed by atoms with Crippen LogP contribution in [-0.4, -0.2) is 20.4 Å². The number of imidazole rings is 1. The average Bonchev–Trinajstić information content (AvgIpc) is 3.28. The van der Waals surface area contributed by atoms with Gasteiger partial charge in [0.1, 0.15) is 15.7 Å². The summed E-state index contributed by atoms with van der Waals surface area (Å²) >= 11 is 6.52. The Kier molecular flexibility index (Phi) is 4.89. The van der Waals surface area contributed by atoms with Crippen LogP contribution >= 0.6 is 23.6 Å². The van der Waals surface area contributed by atoms with Crippen molar-refractivity contribution in [3.05, 3.63) is 82.1 Å². The molecule has 0 saturated heterocycles. The summed E-state index contributed by atoms with van der Waals surface area (Å²) in [5, 5.41) is 3.58. The maximum atomic E-state index is 13.1. The number of aromatic nitrogens is 3. The largest absolute Gasteiger partial charge is 0.337 e. The van der Waals surface area contributed by atoms with Crippen LogP contribution in [0.5, 0.6) is 0 Å². The van der Waals surface area contributed by atoms with Gasteiger partial charge in [0.2, 0.25) is 0 Å². The van der Waals surface area contributed by atoms with Crippen molar-refractivity contribution in [1.29, 1.82) is 0 Å². The Morgan fingerprint density at radius 2 is 2.04 bits per heavy atom. The lowest BCUT2D eigenvalue weighted by molar-refractivity contribution is 0.103. The molecule has 2 N–H and O–H groups in total. The Hall–Kier alpha value is -3.10. The van der Waals surface area contributed by atoms with Crippen molar-refractivity contribution in [3.8, 4) is 16.3 Å². The minimum absolute atomic E-state index is 0.238. The first kappa shape index (κ1) is 18.3. The first-order valence-corrected chi connectivity index (χ1v) is 9.65. The van der Waals surface area contributed by atoms with Gasteiger partial charge in [-0.3, -0.25) is 9.36 Å². The van der Waals surface area contributed by atoms with Crippen molar-refractivity contribution in [2.45, 2.75) is 6.92 Å². The van der Waals surface area contributed by atoms with Gasteiger partial charge in [-0.2, -0.15) is 0 Å². The molecule has 0 aliphatic carbocycles. The van der Waals surface area contributed by atoms with Crippen LogP contribution in [0, 0.1) is 17.5 Å². The number of anilines is 1. The number of nitrogens with zero attached hydrogens (tertiary/aromatic N) is 2. The SMILES string of the molecule is Cc1nc(-c2ccc(F)cc2)sc1C(=O)Nc1cccc(-n2cc[nH]c2=S)c1. The van der Waals surface area contributed by atoms with Gasteiger partial charge in [-0.05, 0) is 61.6 Å². The zero-order valence-corrected chi connectivity index (χ0v) is 16.4. The number of carbonyl (C=O) groups excluding carboxylic acids is 1. The van der Waals surface area contributed by atoms with E-state index in [0.717, 1.165) is 11.3 Å². The number of nitrogens with one attached hydrogen (secondary N) is 2. The summed E-state index contributed by atoms with van der Waals surface area (Å²) in [7, 11) is 0. The summed E-state index contributed by atoms with van der Waals surface area (Å²) in [6.07, 6.45) is 3.58. The van der Waals surface area contributed by atoms with E-state index in [9.17, 15) is 9.18 Å². The second-order valence-electron chi connectivity index (χ2n) is 6.08. The summed E-state index contributed by atoms with van der Waals surface area (Å²) in [6, 6.07) is 13.5. The Labute approximate surface area is 169 Å². The molecule has 2 aromatic heterocycles. The average molecular weight is 410 g/mol. The van der Waals surface area contributed by atoms with Gasteiger partial charge >= 0.3 is 0 Å². The highest BCUT2D eigenvalue weighted by Gasteiger charge is 2.17. The molecular formula is C20H15FN4OS2. The van der Waals surface area contributed by atoms with Crippen LogP contribution in [-0.2, 0) is 0 Å². The molecule has 0 fully saturated rings. The number of halogens is 1. The van der Waals surface area contributed by atoms with Gasteiger partial charge in [-0.1, -0.05) is 6.07 Å². The number of hydrogen-bond donors (Lipinski definition) is 2. The Bertz CT molecular complexity index is 1210. The zero-order chi connectivity index (χ0) is 19.7. The van der Waals surface area contributed by atoms with Gasteiger partial charge in [0.15, 0.2) is 4.77 Å². The quantitative estimate of drug-likeness (QED) is 0.445. The number of carbonyl (C=O) groups is 1. The molecule has 8 heteroatoms. The molecule has 0 spiro atoms. The van der Waals surface area contributed by atoms with Crippen molar-refractivity contribution in [1.82, 2.24) is 14.5 Å². The van der Waals surface area contributed by atoms with Crippen molar-refractivity contribution >= 4 is 35.1 Å². The molecule has 28 heavy (non-hydrogen) atoms. The van der Waals surface area contributed by atoms with E-state index in [-0.39, 0.29) is 11.7 Å². The van der Waals surface area contributed by atoms with Crippen LogP contribution in [0.25, 0.3) is 16.3 Å². The van der Waals surface area contributed by atoms with E-state index in [4.69, 9.17) is 12.2 Å². The van der Waals surface area contributed by atoms with Crippen LogP contribution in [0.2, 0.25) is 0 Å². The van der Waals surface area contributed by atoms with Gasteiger partial charge in [0, 0.05) is 29.3 Å². The van der Waals surface area contributed by atoms with Crippen molar-refractivity contribution in [2.24, 2.45) is 0 Å². The van der Waals surface area contributed by atoms with E-state index in [1.54, 1.807) is 25.3 Å². The fourth-order valence-electron chi connectivity index (χ4n) is 2.77. The molecule has 4 rings (SSSR count). The van der Waals surface area contributed by atoms with Crippen molar-refractivity contribution < 1.29 is 9.18 Å². The normalized spacial score (nSPS) is 10.8. The highest BCUT2D eigenvalue weighted by molar-refractivity contribution is 7.71. The van der Waals surface area contributed by atoms with Crippen LogP contribution in [0.15, 0.2) is 60.9 Å². The number of rotatable bonds is 4. The molecule has 0 bridgehead atoms. The third-order valence-electron chi connectivity index (χ3n) is 4.13. The molecule has 0 aliphatic heterocycles. The molecule has 0 atom stereocenters. The van der Waals surface area contributed by atoms with E-state index in [1.165, 1.54) is 23.5 Å². The Morgan fingerprint density at radius 3 is 2.75 bits per heavy atom. The summed E-state index contributed by atoms with van der Waals surface area (Å²) in [5.41, 5.74) is 2.90. The number of aryl methyl sites for hydroxylation is 1. The molecule has 4 aromatic rings. The Balaban J connectivity index is 1.58. The van der Waals surface area contributed by atoms with E-state index in [1.807, 2.05) is 35.0 Å². The fraction of sp³-hybridized carbons (Fsp3) is 0.0500. The number of benzene rings is 2. The summed E-state index contributed by atoms with van der Waals surface area (Å²) in [5.74, 6) is -0.546. The lowest BCUT2D eigenvalue weighted by atomic mass is 10.2.